The fourth-order valence-electron chi connectivity index (χ4n) is 2.41. The lowest BCUT2D eigenvalue weighted by atomic mass is 10.1. The van der Waals surface area contributed by atoms with Crippen LogP contribution in [0.4, 0.5) is 0 Å². The summed E-state index contributed by atoms with van der Waals surface area (Å²) in [6.07, 6.45) is 2.52. The van der Waals surface area contributed by atoms with Crippen LogP contribution in [0.5, 0.6) is 0 Å². The fraction of sp³-hybridized carbons (Fsp3) is 0.692. The zero-order chi connectivity index (χ0) is 13.0. The molecule has 0 aliphatic carbocycles. The maximum absolute atomic E-state index is 5.99. The number of nitrogens with zero attached hydrogens (tertiary/aromatic N) is 1. The number of hydrogen-bond donors (Lipinski definition) is 1. The molecule has 1 aliphatic heterocycles. The molecular formula is C13H21BrN2OS. The third kappa shape index (κ3) is 3.54. The van der Waals surface area contributed by atoms with E-state index in [1.54, 1.807) is 11.3 Å². The Morgan fingerprint density at radius 1 is 1.61 bits per heavy atom. The predicted octanol–water partition coefficient (Wildman–Crippen LogP) is 3.01. The van der Waals surface area contributed by atoms with E-state index in [1.165, 1.54) is 8.66 Å². The van der Waals surface area contributed by atoms with Crippen molar-refractivity contribution in [1.82, 2.24) is 4.90 Å². The van der Waals surface area contributed by atoms with E-state index in [9.17, 15) is 0 Å². The first-order valence-corrected chi connectivity index (χ1v) is 8.16. The molecule has 0 spiro atoms. The summed E-state index contributed by atoms with van der Waals surface area (Å²) in [6, 6.07) is 4.62. The molecule has 1 aromatic rings. The molecular weight excluding hydrogens is 312 g/mol. The second kappa shape index (κ2) is 7.01. The molecule has 0 bridgehead atoms. The van der Waals surface area contributed by atoms with Gasteiger partial charge in [-0.15, -0.1) is 11.3 Å². The van der Waals surface area contributed by atoms with Gasteiger partial charge in [0.05, 0.1) is 15.9 Å². The van der Waals surface area contributed by atoms with Crippen LogP contribution in [-0.2, 0) is 4.74 Å². The van der Waals surface area contributed by atoms with Crippen molar-refractivity contribution < 1.29 is 4.74 Å². The highest BCUT2D eigenvalue weighted by Crippen LogP contribution is 2.31. The molecule has 2 heterocycles. The van der Waals surface area contributed by atoms with Crippen molar-refractivity contribution in [3.63, 3.8) is 0 Å². The van der Waals surface area contributed by atoms with E-state index in [1.807, 2.05) is 0 Å². The standard InChI is InChI=1S/C13H21BrN2OS/c1-2-10-9-16(6-3-7-17-10)11(8-15)12-4-5-13(14)18-12/h4-5,10-11H,2-3,6-9,15H2,1H3. The molecule has 0 amide bonds. The number of ether oxygens (including phenoxy) is 1. The summed E-state index contributed by atoms with van der Waals surface area (Å²) in [5.41, 5.74) is 5.99. The SMILES string of the molecule is CCC1CN(C(CN)c2ccc(Br)s2)CCCO1. The first-order valence-electron chi connectivity index (χ1n) is 6.55. The Morgan fingerprint density at radius 2 is 2.44 bits per heavy atom. The van der Waals surface area contributed by atoms with Gasteiger partial charge in [-0.05, 0) is 40.9 Å². The number of nitrogens with two attached hydrogens (primary N) is 1. The van der Waals surface area contributed by atoms with Crippen LogP contribution in [-0.4, -0.2) is 37.2 Å². The second-order valence-corrected chi connectivity index (χ2v) is 7.14. The summed E-state index contributed by atoms with van der Waals surface area (Å²) in [5, 5.41) is 0. The van der Waals surface area contributed by atoms with Crippen molar-refractivity contribution in [1.29, 1.82) is 0 Å². The highest BCUT2D eigenvalue weighted by Gasteiger charge is 2.25. The molecule has 3 nitrogen and oxygen atoms in total. The van der Waals surface area contributed by atoms with Crippen molar-refractivity contribution in [2.75, 3.05) is 26.2 Å². The van der Waals surface area contributed by atoms with Crippen LogP contribution in [0.15, 0.2) is 15.9 Å². The zero-order valence-corrected chi connectivity index (χ0v) is 13.2. The Hall–Kier alpha value is 0.0600. The van der Waals surface area contributed by atoms with Gasteiger partial charge in [-0.25, -0.2) is 0 Å². The largest absolute Gasteiger partial charge is 0.377 e. The predicted molar refractivity (Wildman–Crippen MR) is 80.0 cm³/mol. The maximum atomic E-state index is 5.99. The van der Waals surface area contributed by atoms with Gasteiger partial charge >= 0.3 is 0 Å². The molecule has 0 aromatic carbocycles. The summed E-state index contributed by atoms with van der Waals surface area (Å²) in [4.78, 5) is 3.83. The lowest BCUT2D eigenvalue weighted by Crippen LogP contribution is -2.38. The number of rotatable bonds is 4. The van der Waals surface area contributed by atoms with Gasteiger partial charge < -0.3 is 10.5 Å². The lowest BCUT2D eigenvalue weighted by molar-refractivity contribution is 0.0461. The van der Waals surface area contributed by atoms with Gasteiger partial charge in [0.25, 0.3) is 0 Å². The first-order chi connectivity index (χ1) is 8.74. The normalized spacial score (nSPS) is 23.8. The van der Waals surface area contributed by atoms with Crippen molar-refractivity contribution in [3.05, 3.63) is 20.8 Å². The van der Waals surface area contributed by atoms with Crippen LogP contribution in [0.2, 0.25) is 0 Å². The number of halogens is 1. The smallest absolute Gasteiger partial charge is 0.0702 e. The summed E-state index contributed by atoms with van der Waals surface area (Å²) in [6.45, 7) is 5.80. The van der Waals surface area contributed by atoms with Gasteiger partial charge in [0.1, 0.15) is 0 Å². The molecule has 0 radical (unpaired) electrons. The molecule has 1 saturated heterocycles. The van der Waals surface area contributed by atoms with Gasteiger partial charge in [-0.1, -0.05) is 6.92 Å². The summed E-state index contributed by atoms with van der Waals surface area (Å²) in [7, 11) is 0. The van der Waals surface area contributed by atoms with E-state index in [-0.39, 0.29) is 0 Å². The molecule has 2 N–H and O–H groups in total. The Morgan fingerprint density at radius 3 is 3.06 bits per heavy atom. The van der Waals surface area contributed by atoms with Crippen LogP contribution >= 0.6 is 27.3 Å². The minimum atomic E-state index is 0.331. The Labute approximate surface area is 121 Å². The first kappa shape index (κ1) is 14.5. The molecule has 2 unspecified atom stereocenters. The van der Waals surface area contributed by atoms with E-state index in [2.05, 4.69) is 39.9 Å². The Bertz CT molecular complexity index is 372. The van der Waals surface area contributed by atoms with Crippen LogP contribution < -0.4 is 5.73 Å². The van der Waals surface area contributed by atoms with Gasteiger partial charge in [-0.3, -0.25) is 4.90 Å². The fourth-order valence-corrected chi connectivity index (χ4v) is 3.98. The quantitative estimate of drug-likeness (QED) is 0.921. The van der Waals surface area contributed by atoms with Gasteiger partial charge in [0, 0.05) is 31.1 Å². The van der Waals surface area contributed by atoms with Crippen LogP contribution in [0.1, 0.15) is 30.7 Å². The number of hydrogen-bond acceptors (Lipinski definition) is 4. The third-order valence-corrected chi connectivity index (χ3v) is 5.15. The molecule has 0 saturated carbocycles. The summed E-state index contributed by atoms with van der Waals surface area (Å²) < 4.78 is 7.00. The highest BCUT2D eigenvalue weighted by molar-refractivity contribution is 9.11. The average molecular weight is 333 g/mol. The molecule has 1 aliphatic rings. The van der Waals surface area contributed by atoms with Gasteiger partial charge in [0.15, 0.2) is 0 Å². The van der Waals surface area contributed by atoms with Gasteiger partial charge in [-0.2, -0.15) is 0 Å². The van der Waals surface area contributed by atoms with Crippen LogP contribution in [0.3, 0.4) is 0 Å². The molecule has 1 fully saturated rings. The maximum Gasteiger partial charge on any atom is 0.0702 e. The van der Waals surface area contributed by atoms with Crippen molar-refractivity contribution in [2.24, 2.45) is 5.73 Å². The van der Waals surface area contributed by atoms with Crippen LogP contribution in [0, 0.1) is 0 Å². The molecule has 18 heavy (non-hydrogen) atoms. The van der Waals surface area contributed by atoms with Crippen molar-refractivity contribution >= 4 is 27.3 Å². The average Bonchev–Trinajstić information content (AvgIpc) is 2.66. The summed E-state index contributed by atoms with van der Waals surface area (Å²) in [5.74, 6) is 0. The second-order valence-electron chi connectivity index (χ2n) is 4.64. The Kier molecular flexibility index (Phi) is 5.63. The molecule has 5 heteroatoms. The van der Waals surface area contributed by atoms with E-state index in [0.29, 0.717) is 18.7 Å². The lowest BCUT2D eigenvalue weighted by Gasteiger charge is -2.30. The molecule has 2 atom stereocenters. The third-order valence-electron chi connectivity index (χ3n) is 3.42. The van der Waals surface area contributed by atoms with E-state index in [0.717, 1.165) is 32.5 Å². The number of thiophene rings is 1. The van der Waals surface area contributed by atoms with E-state index in [4.69, 9.17) is 10.5 Å². The molecule has 2 rings (SSSR count). The monoisotopic (exact) mass is 332 g/mol. The van der Waals surface area contributed by atoms with Gasteiger partial charge in [0.2, 0.25) is 0 Å². The van der Waals surface area contributed by atoms with Crippen molar-refractivity contribution in [2.45, 2.75) is 31.9 Å². The van der Waals surface area contributed by atoms with E-state index >= 15 is 0 Å². The zero-order valence-electron chi connectivity index (χ0n) is 10.8. The Balaban J connectivity index is 2.10. The molecule has 102 valence electrons. The van der Waals surface area contributed by atoms with Crippen LogP contribution in [0.25, 0.3) is 0 Å². The highest BCUT2D eigenvalue weighted by atomic mass is 79.9. The summed E-state index contributed by atoms with van der Waals surface area (Å²) >= 11 is 5.31. The van der Waals surface area contributed by atoms with E-state index < -0.39 is 0 Å². The minimum absolute atomic E-state index is 0.331. The minimum Gasteiger partial charge on any atom is -0.377 e. The molecule has 1 aromatic heterocycles. The van der Waals surface area contributed by atoms with Crippen molar-refractivity contribution in [3.8, 4) is 0 Å². The topological polar surface area (TPSA) is 38.5 Å².